The lowest BCUT2D eigenvalue weighted by Gasteiger charge is -2.69. The lowest BCUT2D eigenvalue weighted by molar-refractivity contribution is -0.151. The Labute approximate surface area is 190 Å². The topological polar surface area (TPSA) is 17.1 Å². The summed E-state index contributed by atoms with van der Waals surface area (Å²) in [6.07, 6.45) is 15.9. The molecule has 0 N–H and O–H groups in total. The van der Waals surface area contributed by atoms with Crippen molar-refractivity contribution < 1.29 is 4.79 Å². The second-order valence-electron chi connectivity index (χ2n) is 13.6. The fraction of sp³-hybridized carbons (Fsp3) is 0.767. The van der Waals surface area contributed by atoms with Crippen LogP contribution in [0.3, 0.4) is 0 Å². The minimum absolute atomic E-state index is 0.165. The Hall–Kier alpha value is -1.11. The Morgan fingerprint density at radius 2 is 1.68 bits per heavy atom. The summed E-state index contributed by atoms with van der Waals surface area (Å²) in [4.78, 5) is 12.8. The monoisotopic (exact) mass is 420 g/mol. The SMILES string of the molecule is C=C1CC[C@]2(C)CC[C@]3(C)C(=CC[C@@H]4[C@@]5(C)CCC(=O)C(C)(C)[C@@H]5C=C[C@]43C)[C@H]2[C@H]1C. The smallest absolute Gasteiger partial charge is 0.139 e. The molecule has 0 radical (unpaired) electrons. The largest absolute Gasteiger partial charge is 0.299 e. The molecule has 31 heavy (non-hydrogen) atoms. The molecule has 0 bridgehead atoms. The normalized spacial score (nSPS) is 53.1. The maximum absolute atomic E-state index is 12.8. The van der Waals surface area contributed by atoms with E-state index >= 15 is 0 Å². The molecule has 0 heterocycles. The number of rotatable bonds is 0. The third-order valence-electron chi connectivity index (χ3n) is 12.1. The van der Waals surface area contributed by atoms with E-state index in [2.05, 4.69) is 73.3 Å². The van der Waals surface area contributed by atoms with Crippen molar-refractivity contribution in [1.82, 2.24) is 0 Å². The van der Waals surface area contributed by atoms with Gasteiger partial charge >= 0.3 is 0 Å². The van der Waals surface area contributed by atoms with Gasteiger partial charge in [0.15, 0.2) is 0 Å². The first kappa shape index (κ1) is 21.7. The van der Waals surface area contributed by atoms with Crippen molar-refractivity contribution >= 4 is 5.78 Å². The van der Waals surface area contributed by atoms with Crippen LogP contribution in [0.4, 0.5) is 0 Å². The first-order valence-corrected chi connectivity index (χ1v) is 12.9. The Kier molecular flexibility index (Phi) is 4.39. The van der Waals surface area contributed by atoms with Crippen molar-refractivity contribution in [3.63, 3.8) is 0 Å². The number of carbonyl (C=O) groups excluding carboxylic acids is 1. The number of hydrogen-bond donors (Lipinski definition) is 0. The quantitative estimate of drug-likeness (QED) is 0.364. The fourth-order valence-electron chi connectivity index (χ4n) is 9.68. The summed E-state index contributed by atoms with van der Waals surface area (Å²) < 4.78 is 0. The zero-order valence-electron chi connectivity index (χ0n) is 21.1. The maximum Gasteiger partial charge on any atom is 0.139 e. The van der Waals surface area contributed by atoms with Gasteiger partial charge in [0, 0.05) is 11.8 Å². The van der Waals surface area contributed by atoms with Crippen LogP contribution in [-0.2, 0) is 4.79 Å². The van der Waals surface area contributed by atoms with Crippen LogP contribution >= 0.6 is 0 Å². The summed E-state index contributed by atoms with van der Waals surface area (Å²) >= 11 is 0. The average Bonchev–Trinajstić information content (AvgIpc) is 2.69. The molecule has 0 aromatic rings. The highest BCUT2D eigenvalue weighted by molar-refractivity contribution is 5.86. The maximum atomic E-state index is 12.8. The minimum Gasteiger partial charge on any atom is -0.299 e. The van der Waals surface area contributed by atoms with Gasteiger partial charge in [-0.2, -0.15) is 0 Å². The predicted octanol–water partition coefficient (Wildman–Crippen LogP) is 7.93. The number of carbonyl (C=O) groups is 1. The lowest BCUT2D eigenvalue weighted by Crippen LogP contribution is -2.62. The average molecular weight is 421 g/mol. The van der Waals surface area contributed by atoms with Crippen LogP contribution in [0.1, 0.15) is 93.4 Å². The summed E-state index contributed by atoms with van der Waals surface area (Å²) in [6.45, 7) is 21.6. The number of Topliss-reactive ketones (excluding diaryl/α,β-unsaturated/α-hetero) is 1. The highest BCUT2D eigenvalue weighted by Gasteiger charge is 2.66. The zero-order valence-corrected chi connectivity index (χ0v) is 21.1. The van der Waals surface area contributed by atoms with Crippen molar-refractivity contribution in [3.05, 3.63) is 36.0 Å². The Bertz CT molecular complexity index is 903. The van der Waals surface area contributed by atoms with E-state index in [1.165, 1.54) is 37.7 Å². The van der Waals surface area contributed by atoms with Crippen LogP contribution < -0.4 is 0 Å². The summed E-state index contributed by atoms with van der Waals surface area (Å²) in [5.74, 6) is 2.67. The molecule has 0 aliphatic heterocycles. The molecule has 0 unspecified atom stereocenters. The van der Waals surface area contributed by atoms with Crippen molar-refractivity contribution in [1.29, 1.82) is 0 Å². The van der Waals surface area contributed by atoms with Gasteiger partial charge in [-0.05, 0) is 83.9 Å². The summed E-state index contributed by atoms with van der Waals surface area (Å²) in [7, 11) is 0. The molecule has 170 valence electrons. The van der Waals surface area contributed by atoms with Gasteiger partial charge < -0.3 is 0 Å². The molecule has 1 nitrogen and oxygen atoms in total. The van der Waals surface area contributed by atoms with Crippen LogP contribution in [0.25, 0.3) is 0 Å². The van der Waals surface area contributed by atoms with Crippen LogP contribution in [0.5, 0.6) is 0 Å². The van der Waals surface area contributed by atoms with E-state index in [0.29, 0.717) is 34.9 Å². The standard InChI is InChI=1S/C30H44O/c1-19-11-14-27(5)17-18-29(7)21(25(27)20(19)2)9-10-23-28(6)15-13-24(31)26(3,4)22(28)12-16-30(23,29)8/h9,12,16,20,22-23,25H,1,10-11,13-15,17-18H2,2-8H3/t20-,22-,23+,25+,27+,28-,29+,30+/m0/s1. The second-order valence-corrected chi connectivity index (χ2v) is 13.6. The first-order chi connectivity index (χ1) is 14.3. The Morgan fingerprint density at radius 1 is 0.968 bits per heavy atom. The van der Waals surface area contributed by atoms with E-state index in [1.54, 1.807) is 5.57 Å². The van der Waals surface area contributed by atoms with Crippen molar-refractivity contribution in [2.75, 3.05) is 0 Å². The third kappa shape index (κ3) is 2.47. The van der Waals surface area contributed by atoms with Crippen LogP contribution in [-0.4, -0.2) is 5.78 Å². The van der Waals surface area contributed by atoms with Gasteiger partial charge in [-0.15, -0.1) is 0 Å². The van der Waals surface area contributed by atoms with Crippen LogP contribution in [0.2, 0.25) is 0 Å². The van der Waals surface area contributed by atoms with Crippen molar-refractivity contribution in [2.45, 2.75) is 93.4 Å². The van der Waals surface area contributed by atoms with Gasteiger partial charge in [0.25, 0.3) is 0 Å². The summed E-state index contributed by atoms with van der Waals surface area (Å²) in [6, 6.07) is 0. The van der Waals surface area contributed by atoms with Gasteiger partial charge in [0.05, 0.1) is 0 Å². The Morgan fingerprint density at radius 3 is 2.39 bits per heavy atom. The predicted molar refractivity (Wildman–Crippen MR) is 130 cm³/mol. The van der Waals surface area contributed by atoms with Crippen molar-refractivity contribution in [3.8, 4) is 0 Å². The van der Waals surface area contributed by atoms with Crippen molar-refractivity contribution in [2.24, 2.45) is 50.7 Å². The molecule has 0 aromatic carbocycles. The molecule has 3 fully saturated rings. The van der Waals surface area contributed by atoms with E-state index < -0.39 is 0 Å². The molecular weight excluding hydrogens is 376 g/mol. The first-order valence-electron chi connectivity index (χ1n) is 12.9. The van der Waals surface area contributed by atoms with Crippen LogP contribution in [0, 0.1) is 50.7 Å². The number of fused-ring (bicyclic) bond motifs is 7. The second kappa shape index (κ2) is 6.27. The van der Waals surface area contributed by atoms with E-state index in [1.807, 2.05) is 0 Å². The molecule has 5 rings (SSSR count). The van der Waals surface area contributed by atoms with Gasteiger partial charge in [0.1, 0.15) is 5.78 Å². The van der Waals surface area contributed by atoms with Gasteiger partial charge in [0.2, 0.25) is 0 Å². The molecule has 8 atom stereocenters. The summed E-state index contributed by atoms with van der Waals surface area (Å²) in [5, 5.41) is 0. The third-order valence-corrected chi connectivity index (χ3v) is 12.1. The van der Waals surface area contributed by atoms with E-state index in [4.69, 9.17) is 0 Å². The van der Waals surface area contributed by atoms with Gasteiger partial charge in [-0.1, -0.05) is 84.4 Å². The highest BCUT2D eigenvalue weighted by Crippen LogP contribution is 2.73. The molecule has 0 amide bonds. The number of hydrogen-bond acceptors (Lipinski definition) is 1. The molecular formula is C30H44O. The van der Waals surface area contributed by atoms with E-state index in [-0.39, 0.29) is 21.7 Å². The fourth-order valence-corrected chi connectivity index (χ4v) is 9.68. The summed E-state index contributed by atoms with van der Waals surface area (Å²) in [5.41, 5.74) is 4.00. The lowest BCUT2D eigenvalue weighted by atomic mass is 9.35. The van der Waals surface area contributed by atoms with Gasteiger partial charge in [-0.3, -0.25) is 4.79 Å². The van der Waals surface area contributed by atoms with Crippen LogP contribution in [0.15, 0.2) is 36.0 Å². The number of ketones is 1. The molecule has 3 saturated carbocycles. The molecule has 0 saturated heterocycles. The van der Waals surface area contributed by atoms with E-state index in [9.17, 15) is 4.79 Å². The number of allylic oxidation sites excluding steroid dienone is 5. The molecule has 5 aliphatic carbocycles. The van der Waals surface area contributed by atoms with Gasteiger partial charge in [-0.25, -0.2) is 0 Å². The zero-order chi connectivity index (χ0) is 22.6. The molecule has 0 aromatic heterocycles. The molecule has 5 aliphatic rings. The minimum atomic E-state index is -0.240. The molecule has 0 spiro atoms. The van der Waals surface area contributed by atoms with E-state index in [0.717, 1.165) is 12.8 Å². The highest BCUT2D eigenvalue weighted by atomic mass is 16.1. The molecule has 1 heteroatoms. The Balaban J connectivity index is 1.63.